The highest BCUT2D eigenvalue weighted by Gasteiger charge is 2.06. The van der Waals surface area contributed by atoms with Crippen LogP contribution in [0.4, 0.5) is 14.6 Å². The minimum Gasteiger partial charge on any atom is -0.384 e. The zero-order chi connectivity index (χ0) is 14.0. The zero-order valence-corrected chi connectivity index (χ0v) is 10.1. The number of nitrogen functional groups attached to an aromatic ring is 1. The number of hydrogen-bond acceptors (Lipinski definition) is 3. The van der Waals surface area contributed by atoms with Crippen molar-refractivity contribution in [1.29, 1.82) is 0 Å². The third-order valence-electron chi connectivity index (χ3n) is 2.48. The summed E-state index contributed by atoms with van der Waals surface area (Å²) in [6, 6.07) is 6.31. The molecule has 0 radical (unpaired) electrons. The number of aryl methyl sites for hydroxylation is 1. The van der Waals surface area contributed by atoms with Gasteiger partial charge in [-0.1, -0.05) is 6.07 Å². The highest BCUT2D eigenvalue weighted by atomic mass is 19.1. The van der Waals surface area contributed by atoms with Crippen molar-refractivity contribution in [3.05, 3.63) is 63.4 Å². The number of anilines is 1. The second kappa shape index (κ2) is 5.01. The molecule has 1 aromatic carbocycles. The first-order chi connectivity index (χ1) is 8.99. The zero-order valence-electron chi connectivity index (χ0n) is 10.1. The molecule has 0 aliphatic carbocycles. The smallest absolute Gasteiger partial charge is 0.273 e. The number of nitrogens with two attached hydrogens (primary N) is 1. The van der Waals surface area contributed by atoms with Crippen LogP contribution >= 0.6 is 0 Å². The molecule has 0 saturated heterocycles. The number of pyridine rings is 1. The number of aromatic nitrogens is 1. The Kier molecular flexibility index (Phi) is 3.41. The third kappa shape index (κ3) is 2.67. The first kappa shape index (κ1) is 12.9. The molecular formula is C13H11F2N3O. The van der Waals surface area contributed by atoms with E-state index in [0.29, 0.717) is 5.56 Å². The highest BCUT2D eigenvalue weighted by molar-refractivity contribution is 5.80. The van der Waals surface area contributed by atoms with Crippen molar-refractivity contribution in [2.45, 2.75) is 6.92 Å². The Morgan fingerprint density at radius 3 is 2.47 bits per heavy atom. The molecule has 98 valence electrons. The van der Waals surface area contributed by atoms with E-state index in [0.717, 1.165) is 23.0 Å². The number of hydrogen-bond donors (Lipinski definition) is 1. The van der Waals surface area contributed by atoms with Crippen LogP contribution in [0.5, 0.6) is 0 Å². The molecule has 2 N–H and O–H groups in total. The molecular weight excluding hydrogens is 252 g/mol. The molecule has 0 bridgehead atoms. The maximum atomic E-state index is 13.4. The molecule has 0 unspecified atom stereocenters. The van der Waals surface area contributed by atoms with E-state index < -0.39 is 17.2 Å². The lowest BCUT2D eigenvalue weighted by Gasteiger charge is -2.04. The normalized spacial score (nSPS) is 11.1. The Morgan fingerprint density at radius 1 is 1.26 bits per heavy atom. The molecule has 4 nitrogen and oxygen atoms in total. The van der Waals surface area contributed by atoms with Gasteiger partial charge < -0.3 is 5.73 Å². The number of nitrogens with zero attached hydrogens (tertiary/aromatic N) is 2. The average molecular weight is 263 g/mol. The van der Waals surface area contributed by atoms with E-state index in [2.05, 4.69) is 5.10 Å². The lowest BCUT2D eigenvalue weighted by atomic mass is 10.2. The quantitative estimate of drug-likeness (QED) is 0.841. The fourth-order valence-corrected chi connectivity index (χ4v) is 1.59. The molecule has 0 saturated carbocycles. The maximum Gasteiger partial charge on any atom is 0.273 e. The van der Waals surface area contributed by atoms with Crippen LogP contribution in [0.1, 0.15) is 11.1 Å². The fraction of sp³-hybridized carbons (Fsp3) is 0.0769. The van der Waals surface area contributed by atoms with Gasteiger partial charge in [-0.3, -0.25) is 4.79 Å². The average Bonchev–Trinajstić information content (AvgIpc) is 2.31. The van der Waals surface area contributed by atoms with E-state index in [1.807, 2.05) is 0 Å². The van der Waals surface area contributed by atoms with Crippen LogP contribution in [0.25, 0.3) is 0 Å². The summed E-state index contributed by atoms with van der Waals surface area (Å²) in [6.07, 6.45) is 0.928. The van der Waals surface area contributed by atoms with Crippen molar-refractivity contribution in [2.75, 3.05) is 5.73 Å². The number of rotatable bonds is 2. The second-order valence-corrected chi connectivity index (χ2v) is 3.99. The van der Waals surface area contributed by atoms with Gasteiger partial charge in [-0.25, -0.2) is 8.78 Å². The number of halogens is 2. The van der Waals surface area contributed by atoms with Crippen LogP contribution in [0.15, 0.2) is 40.2 Å². The van der Waals surface area contributed by atoms with Gasteiger partial charge in [0.15, 0.2) is 0 Å². The van der Waals surface area contributed by atoms with Crippen LogP contribution < -0.4 is 11.3 Å². The first-order valence-corrected chi connectivity index (χ1v) is 5.46. The molecule has 0 amide bonds. The minimum absolute atomic E-state index is 0.0954. The first-order valence-electron chi connectivity index (χ1n) is 5.46. The molecule has 2 aromatic rings. The topological polar surface area (TPSA) is 60.4 Å². The summed E-state index contributed by atoms with van der Waals surface area (Å²) in [5, 5.41) is 3.71. The van der Waals surface area contributed by atoms with Crippen molar-refractivity contribution < 1.29 is 8.78 Å². The number of benzene rings is 1. The molecule has 1 aromatic heterocycles. The van der Waals surface area contributed by atoms with Gasteiger partial charge in [0.2, 0.25) is 0 Å². The van der Waals surface area contributed by atoms with Crippen LogP contribution in [0.3, 0.4) is 0 Å². The van der Waals surface area contributed by atoms with Gasteiger partial charge in [0.1, 0.15) is 17.5 Å². The van der Waals surface area contributed by atoms with Crippen LogP contribution in [-0.2, 0) is 0 Å². The van der Waals surface area contributed by atoms with E-state index >= 15 is 0 Å². The lowest BCUT2D eigenvalue weighted by molar-refractivity contribution is 0.579. The summed E-state index contributed by atoms with van der Waals surface area (Å²) in [5.41, 5.74) is 5.52. The SMILES string of the molecule is Cc1cc(N)n(/N=C\c2c(F)cccc2F)c(=O)c1. The Bertz CT molecular complexity index is 687. The van der Waals surface area contributed by atoms with Crippen molar-refractivity contribution >= 4 is 12.0 Å². The molecule has 0 spiro atoms. The predicted octanol–water partition coefficient (Wildman–Crippen LogP) is 1.90. The summed E-state index contributed by atoms with van der Waals surface area (Å²) >= 11 is 0. The van der Waals surface area contributed by atoms with E-state index in [1.54, 1.807) is 6.92 Å². The molecule has 0 fully saturated rings. The second-order valence-electron chi connectivity index (χ2n) is 3.99. The van der Waals surface area contributed by atoms with Crippen molar-refractivity contribution in [2.24, 2.45) is 5.10 Å². The van der Waals surface area contributed by atoms with Crippen molar-refractivity contribution in [1.82, 2.24) is 4.68 Å². The standard InChI is InChI=1S/C13H11F2N3O/c1-8-5-12(16)18(13(19)6-8)17-7-9-10(14)3-2-4-11(9)15/h2-7H,16H2,1H3/b17-7-. The molecule has 0 aliphatic rings. The van der Waals surface area contributed by atoms with Gasteiger partial charge >= 0.3 is 0 Å². The van der Waals surface area contributed by atoms with E-state index in [-0.39, 0.29) is 11.4 Å². The summed E-state index contributed by atoms with van der Waals surface area (Å²) < 4.78 is 27.6. The van der Waals surface area contributed by atoms with E-state index in [4.69, 9.17) is 5.73 Å². The van der Waals surface area contributed by atoms with Gasteiger partial charge in [0, 0.05) is 6.07 Å². The van der Waals surface area contributed by atoms with Crippen LogP contribution in [0, 0.1) is 18.6 Å². The van der Waals surface area contributed by atoms with Gasteiger partial charge in [0.25, 0.3) is 5.56 Å². The Hall–Kier alpha value is -2.50. The van der Waals surface area contributed by atoms with E-state index in [1.165, 1.54) is 18.2 Å². The Labute approximate surface area is 107 Å². The van der Waals surface area contributed by atoms with Gasteiger partial charge in [-0.15, -0.1) is 0 Å². The van der Waals surface area contributed by atoms with Crippen molar-refractivity contribution in [3.63, 3.8) is 0 Å². The Balaban J connectivity index is 2.47. The summed E-state index contributed by atoms with van der Waals surface area (Å²) in [6.45, 7) is 1.71. The molecule has 6 heteroatoms. The monoisotopic (exact) mass is 263 g/mol. The van der Waals surface area contributed by atoms with Crippen LogP contribution in [-0.4, -0.2) is 10.9 Å². The van der Waals surface area contributed by atoms with Crippen molar-refractivity contribution in [3.8, 4) is 0 Å². The molecule has 0 aliphatic heterocycles. The molecule has 2 rings (SSSR count). The summed E-state index contributed by atoms with van der Waals surface area (Å²) in [5.74, 6) is -1.43. The third-order valence-corrected chi connectivity index (χ3v) is 2.48. The lowest BCUT2D eigenvalue weighted by Crippen LogP contribution is -2.19. The van der Waals surface area contributed by atoms with E-state index in [9.17, 15) is 13.6 Å². The highest BCUT2D eigenvalue weighted by Crippen LogP contribution is 2.10. The summed E-state index contributed by atoms with van der Waals surface area (Å²) in [4.78, 5) is 11.6. The Morgan fingerprint density at radius 2 is 1.89 bits per heavy atom. The molecule has 0 atom stereocenters. The predicted molar refractivity (Wildman–Crippen MR) is 69.2 cm³/mol. The van der Waals surface area contributed by atoms with Crippen LogP contribution in [0.2, 0.25) is 0 Å². The van der Waals surface area contributed by atoms with Gasteiger partial charge in [-0.05, 0) is 30.7 Å². The molecule has 19 heavy (non-hydrogen) atoms. The van der Waals surface area contributed by atoms with Gasteiger partial charge in [-0.2, -0.15) is 9.78 Å². The van der Waals surface area contributed by atoms with Gasteiger partial charge in [0.05, 0.1) is 11.8 Å². The maximum absolute atomic E-state index is 13.4. The summed E-state index contributed by atoms with van der Waals surface area (Å²) in [7, 11) is 0. The minimum atomic E-state index is -0.762. The molecule has 1 heterocycles. The largest absolute Gasteiger partial charge is 0.384 e. The fourth-order valence-electron chi connectivity index (χ4n) is 1.59.